The Kier molecular flexibility index (Phi) is 12.6. The smallest absolute Gasteiger partial charge is 0.161 e. The van der Waals surface area contributed by atoms with E-state index in [0.29, 0.717) is 0 Å². The average Bonchev–Trinajstić information content (AvgIpc) is 4.05. The summed E-state index contributed by atoms with van der Waals surface area (Å²) in [5.74, 6) is 2.96. The zero-order valence-electron chi connectivity index (χ0n) is 29.9. The van der Waals surface area contributed by atoms with Gasteiger partial charge in [-0.1, -0.05) is 60.7 Å². The predicted molar refractivity (Wildman–Crippen MR) is 239 cm³/mol. The molecule has 0 N–H and O–H groups in total. The molecule has 0 saturated carbocycles. The van der Waals surface area contributed by atoms with Crippen LogP contribution in [0.1, 0.15) is 22.3 Å². The Hall–Kier alpha value is -4.68. The fourth-order valence-electron chi connectivity index (χ4n) is 5.62. The molecule has 0 unspecified atom stereocenters. The minimum atomic E-state index is 0.739. The molecule has 0 bridgehead atoms. The van der Waals surface area contributed by atoms with Crippen LogP contribution in [-0.2, 0) is 0 Å². The van der Waals surface area contributed by atoms with E-state index in [0.717, 1.165) is 34.1 Å². The summed E-state index contributed by atoms with van der Waals surface area (Å²) in [5.41, 5.74) is 4.63. The predicted octanol–water partition coefficient (Wildman–Crippen LogP) is 14.8. The molecule has 0 spiro atoms. The molecule has 6 heterocycles. The molecule has 0 aliphatic heterocycles. The van der Waals surface area contributed by atoms with E-state index in [4.69, 9.17) is 18.9 Å². The van der Waals surface area contributed by atoms with Crippen LogP contribution in [0.4, 0.5) is 0 Å². The first-order valence-corrected chi connectivity index (χ1v) is 22.0. The highest BCUT2D eigenvalue weighted by Gasteiger charge is 2.14. The van der Waals surface area contributed by atoms with Gasteiger partial charge in [0.25, 0.3) is 0 Å². The number of hydrogen-bond acceptors (Lipinski definition) is 10. The summed E-state index contributed by atoms with van der Waals surface area (Å²) in [4.78, 5) is 10.5. The van der Waals surface area contributed by atoms with Crippen molar-refractivity contribution in [1.82, 2.24) is 0 Å². The molecule has 0 aliphatic carbocycles. The lowest BCUT2D eigenvalue weighted by Gasteiger charge is -2.07. The molecular weight excluding hydrogens is 785 g/mol. The molecule has 4 nitrogen and oxygen atoms in total. The van der Waals surface area contributed by atoms with Crippen LogP contribution in [0.25, 0.3) is 63.3 Å². The Morgan fingerprint density at radius 2 is 0.741 bits per heavy atom. The van der Waals surface area contributed by atoms with Crippen LogP contribution in [0.15, 0.2) is 119 Å². The first-order valence-electron chi connectivity index (χ1n) is 16.8. The number of ether oxygens (including phenoxy) is 4. The van der Waals surface area contributed by atoms with Crippen LogP contribution in [0.5, 0.6) is 23.0 Å². The zero-order chi connectivity index (χ0) is 37.3. The summed E-state index contributed by atoms with van der Waals surface area (Å²) in [6.45, 7) is 0. The van der Waals surface area contributed by atoms with Crippen LogP contribution in [-0.4, -0.2) is 28.4 Å². The van der Waals surface area contributed by atoms with E-state index in [9.17, 15) is 0 Å². The summed E-state index contributed by atoms with van der Waals surface area (Å²) in [6.07, 6.45) is 8.62. The molecule has 8 aromatic rings. The van der Waals surface area contributed by atoms with Crippen molar-refractivity contribution < 1.29 is 18.9 Å². The minimum absolute atomic E-state index is 0.739. The van der Waals surface area contributed by atoms with Gasteiger partial charge in [-0.2, -0.15) is 0 Å². The first-order chi connectivity index (χ1) is 26.6. The second kappa shape index (κ2) is 18.1. The van der Waals surface area contributed by atoms with Crippen molar-refractivity contribution in [1.29, 1.82) is 0 Å². The van der Waals surface area contributed by atoms with Crippen molar-refractivity contribution in [3.63, 3.8) is 0 Å². The molecule has 10 heteroatoms. The number of methoxy groups -OCH3 is 4. The van der Waals surface area contributed by atoms with E-state index in [1.807, 2.05) is 59.1 Å². The molecule has 0 radical (unpaired) electrons. The summed E-state index contributed by atoms with van der Waals surface area (Å²) < 4.78 is 21.5. The van der Waals surface area contributed by atoms with Crippen LogP contribution in [0.2, 0.25) is 0 Å². The maximum Gasteiger partial charge on any atom is 0.161 e. The number of benzene rings is 2. The summed E-state index contributed by atoms with van der Waals surface area (Å²) >= 11 is 10.8. The van der Waals surface area contributed by atoms with Crippen LogP contribution >= 0.6 is 68.0 Å². The van der Waals surface area contributed by atoms with Gasteiger partial charge in [-0.3, -0.25) is 0 Å². The molecule has 2 aromatic carbocycles. The monoisotopic (exact) mass is 820 g/mol. The standard InChI is InChI=1S/2C22H18O2S3/c2*1-23-17-10-8-15(13-18(17)24-2)7-9-16-14-21(19-5-3-11-25-19)27-22(16)20-6-4-12-26-20/h2*3-14H,1-2H3/b2*9-7+. The highest BCUT2D eigenvalue weighted by Crippen LogP contribution is 2.44. The van der Waals surface area contributed by atoms with E-state index >= 15 is 0 Å². The van der Waals surface area contributed by atoms with Crippen LogP contribution < -0.4 is 18.9 Å². The van der Waals surface area contributed by atoms with Gasteiger partial charge in [0.2, 0.25) is 0 Å². The normalized spacial score (nSPS) is 11.2. The van der Waals surface area contributed by atoms with E-state index in [2.05, 4.69) is 106 Å². The second-order valence-electron chi connectivity index (χ2n) is 11.6. The SMILES string of the molecule is COc1ccc(/C=C/c2cc(-c3cccs3)sc2-c2cccs2)cc1OC.COc1ccc(/C=C/c2cc(-c3cccs3)sc2-c2cccs2)cc1OC. The quantitative estimate of drug-likeness (QED) is 0.123. The third-order valence-corrected chi connectivity index (χ3v) is 14.8. The molecule has 0 aliphatic rings. The molecule has 8 rings (SSSR count). The van der Waals surface area contributed by atoms with E-state index in [1.165, 1.54) is 50.1 Å². The van der Waals surface area contributed by atoms with Crippen LogP contribution in [0, 0.1) is 0 Å². The number of thiophene rings is 6. The van der Waals surface area contributed by atoms with E-state index in [-0.39, 0.29) is 0 Å². The molecule has 54 heavy (non-hydrogen) atoms. The van der Waals surface area contributed by atoms with E-state index < -0.39 is 0 Å². The molecule has 0 atom stereocenters. The zero-order valence-corrected chi connectivity index (χ0v) is 34.8. The highest BCUT2D eigenvalue weighted by atomic mass is 32.1. The molecule has 0 fully saturated rings. The largest absolute Gasteiger partial charge is 0.493 e. The van der Waals surface area contributed by atoms with Gasteiger partial charge in [0.05, 0.1) is 38.2 Å². The van der Waals surface area contributed by atoms with Crippen molar-refractivity contribution in [2.24, 2.45) is 0 Å². The Labute approximate surface area is 340 Å². The summed E-state index contributed by atoms with van der Waals surface area (Å²) in [7, 11) is 6.62. The van der Waals surface area contributed by atoms with E-state index in [1.54, 1.807) is 73.8 Å². The third-order valence-electron chi connectivity index (χ3n) is 8.27. The van der Waals surface area contributed by atoms with Crippen molar-refractivity contribution in [2.75, 3.05) is 28.4 Å². The average molecular weight is 821 g/mol. The van der Waals surface area contributed by atoms with Gasteiger partial charge in [0.1, 0.15) is 0 Å². The van der Waals surface area contributed by atoms with Gasteiger partial charge in [-0.15, -0.1) is 68.0 Å². The molecule has 0 amide bonds. The lowest BCUT2D eigenvalue weighted by atomic mass is 10.1. The summed E-state index contributed by atoms with van der Waals surface area (Å²) in [6, 6.07) is 33.6. The fraction of sp³-hybridized carbons (Fsp3) is 0.0909. The Bertz CT molecular complexity index is 2260. The number of hydrogen-bond donors (Lipinski definition) is 0. The maximum absolute atomic E-state index is 5.41. The lowest BCUT2D eigenvalue weighted by Crippen LogP contribution is -1.90. The Morgan fingerprint density at radius 3 is 1.07 bits per heavy atom. The van der Waals surface area contributed by atoms with Gasteiger partial charge in [0.15, 0.2) is 23.0 Å². The van der Waals surface area contributed by atoms with Crippen molar-refractivity contribution >= 4 is 92.3 Å². The minimum Gasteiger partial charge on any atom is -0.493 e. The Balaban J connectivity index is 0.000000167. The van der Waals surface area contributed by atoms with Crippen LogP contribution in [0.3, 0.4) is 0 Å². The highest BCUT2D eigenvalue weighted by molar-refractivity contribution is 7.26. The molecule has 272 valence electrons. The third kappa shape index (κ3) is 8.81. The van der Waals surface area contributed by atoms with Gasteiger partial charge < -0.3 is 18.9 Å². The fourth-order valence-corrected chi connectivity index (χ4v) is 11.3. The van der Waals surface area contributed by atoms with Crippen molar-refractivity contribution in [3.8, 4) is 62.0 Å². The molecule has 0 saturated heterocycles. The van der Waals surface area contributed by atoms with Gasteiger partial charge in [-0.25, -0.2) is 0 Å². The lowest BCUT2D eigenvalue weighted by molar-refractivity contribution is 0.355. The maximum atomic E-state index is 5.41. The molecular formula is C44H36O4S6. The van der Waals surface area contributed by atoms with Gasteiger partial charge >= 0.3 is 0 Å². The van der Waals surface area contributed by atoms with Gasteiger partial charge in [0, 0.05) is 29.3 Å². The topological polar surface area (TPSA) is 36.9 Å². The second-order valence-corrected chi connectivity index (χ2v) is 17.5. The Morgan fingerprint density at radius 1 is 0.370 bits per heavy atom. The van der Waals surface area contributed by atoms with Gasteiger partial charge in [-0.05, 0) is 104 Å². The first kappa shape index (κ1) is 37.6. The van der Waals surface area contributed by atoms with Crippen molar-refractivity contribution in [2.45, 2.75) is 0 Å². The van der Waals surface area contributed by atoms with Crippen molar-refractivity contribution in [3.05, 3.63) is 141 Å². The number of rotatable bonds is 12. The summed E-state index contributed by atoms with van der Waals surface area (Å²) in [5, 5.41) is 8.50. The molecule has 6 aromatic heterocycles.